The van der Waals surface area contributed by atoms with E-state index in [4.69, 9.17) is 5.11 Å². The molecular formula is C6H8FNO. The molecule has 0 aromatic rings. The number of halogens is 1. The van der Waals surface area contributed by atoms with Crippen molar-refractivity contribution < 1.29 is 9.50 Å². The van der Waals surface area contributed by atoms with Crippen LogP contribution in [0.15, 0.2) is 17.1 Å². The maximum absolute atomic E-state index is 12.3. The summed E-state index contributed by atoms with van der Waals surface area (Å²) in [6.45, 7) is 1.69. The number of allylic oxidation sites excluding steroid dienone is 1. The molecule has 2 nitrogen and oxygen atoms in total. The van der Waals surface area contributed by atoms with Crippen molar-refractivity contribution in [2.24, 2.45) is 4.99 Å². The van der Waals surface area contributed by atoms with Crippen molar-refractivity contribution in [3.05, 3.63) is 12.2 Å². The van der Waals surface area contributed by atoms with Gasteiger partial charge in [-0.1, -0.05) is 0 Å². The Morgan fingerprint density at radius 1 is 1.78 bits per heavy atom. The lowest BCUT2D eigenvalue weighted by molar-refractivity contribution is 0.120. The molecule has 1 aliphatic heterocycles. The van der Waals surface area contributed by atoms with Crippen LogP contribution < -0.4 is 0 Å². The molecule has 0 aliphatic carbocycles. The number of nitrogens with zero attached hydrogens (tertiary/aromatic N) is 1. The zero-order valence-electron chi connectivity index (χ0n) is 5.08. The van der Waals surface area contributed by atoms with Crippen LogP contribution in [-0.2, 0) is 0 Å². The first kappa shape index (κ1) is 6.42. The third kappa shape index (κ3) is 1.36. The smallest absolute Gasteiger partial charge is 0.219 e. The second kappa shape index (κ2) is 2.27. The number of aliphatic hydroxyl groups excluding tert-OH is 1. The fourth-order valence-electron chi connectivity index (χ4n) is 0.643. The highest BCUT2D eigenvalue weighted by atomic mass is 19.1. The van der Waals surface area contributed by atoms with Crippen molar-refractivity contribution in [1.29, 1.82) is 0 Å². The normalized spacial score (nSPS) is 34.3. The Bertz CT molecular complexity index is 164. The molecule has 0 bridgehead atoms. The van der Waals surface area contributed by atoms with Crippen LogP contribution in [0.4, 0.5) is 4.39 Å². The molecule has 50 valence electrons. The summed E-state index contributed by atoms with van der Waals surface area (Å²) < 4.78 is 12.3. The summed E-state index contributed by atoms with van der Waals surface area (Å²) in [5.41, 5.74) is 0.618. The minimum atomic E-state index is -1.46. The van der Waals surface area contributed by atoms with Crippen LogP contribution in [0.2, 0.25) is 0 Å². The van der Waals surface area contributed by atoms with Crippen LogP contribution in [-0.4, -0.2) is 23.2 Å². The Morgan fingerprint density at radius 2 is 2.44 bits per heavy atom. The maximum atomic E-state index is 12.3. The highest BCUT2D eigenvalue weighted by Gasteiger charge is 2.16. The Hall–Kier alpha value is -0.700. The van der Waals surface area contributed by atoms with E-state index in [2.05, 4.69) is 4.99 Å². The van der Waals surface area contributed by atoms with Crippen molar-refractivity contribution in [3.63, 3.8) is 0 Å². The molecule has 0 radical (unpaired) electrons. The molecule has 0 fully saturated rings. The summed E-state index contributed by atoms with van der Waals surface area (Å²) in [5.74, 6) is 0. The Morgan fingerprint density at radius 3 is 2.89 bits per heavy atom. The van der Waals surface area contributed by atoms with E-state index < -0.39 is 12.4 Å². The predicted octanol–water partition coefficient (Wildman–Crippen LogP) is 0.674. The molecule has 0 spiro atoms. The molecule has 0 saturated heterocycles. The van der Waals surface area contributed by atoms with Crippen LogP contribution >= 0.6 is 0 Å². The van der Waals surface area contributed by atoms with E-state index in [9.17, 15) is 4.39 Å². The van der Waals surface area contributed by atoms with Gasteiger partial charge in [0.25, 0.3) is 0 Å². The van der Waals surface area contributed by atoms with Gasteiger partial charge in [0.2, 0.25) is 6.30 Å². The van der Waals surface area contributed by atoms with E-state index in [1.54, 1.807) is 13.0 Å². The molecule has 0 amide bonds. The number of aliphatic hydroxyl groups is 1. The van der Waals surface area contributed by atoms with Gasteiger partial charge in [-0.2, -0.15) is 0 Å². The quantitative estimate of drug-likeness (QED) is 0.479. The summed E-state index contributed by atoms with van der Waals surface area (Å²) in [6, 6.07) is 0. The predicted molar refractivity (Wildman–Crippen MR) is 33.2 cm³/mol. The van der Waals surface area contributed by atoms with E-state index in [-0.39, 0.29) is 0 Å². The molecule has 0 aromatic heterocycles. The third-order valence-corrected chi connectivity index (χ3v) is 1.14. The molecular weight excluding hydrogens is 121 g/mol. The molecule has 1 N–H and O–H groups in total. The first-order valence-electron chi connectivity index (χ1n) is 2.75. The number of rotatable bonds is 0. The van der Waals surface area contributed by atoms with Crippen molar-refractivity contribution in [1.82, 2.24) is 0 Å². The van der Waals surface area contributed by atoms with Crippen LogP contribution in [0.3, 0.4) is 0 Å². The van der Waals surface area contributed by atoms with E-state index >= 15 is 0 Å². The average Bonchev–Trinajstić information content (AvgIpc) is 1.80. The molecule has 1 heterocycles. The highest BCUT2D eigenvalue weighted by molar-refractivity contribution is 5.93. The molecule has 1 aliphatic rings. The Labute approximate surface area is 52.7 Å². The SMILES string of the molecule is CC1=NC(F)C(O)C=C1. The molecule has 0 aromatic carbocycles. The first-order chi connectivity index (χ1) is 4.20. The van der Waals surface area contributed by atoms with Crippen LogP contribution in [0.25, 0.3) is 0 Å². The van der Waals surface area contributed by atoms with Gasteiger partial charge in [-0.15, -0.1) is 0 Å². The Kier molecular flexibility index (Phi) is 1.62. The van der Waals surface area contributed by atoms with Gasteiger partial charge in [0.1, 0.15) is 6.10 Å². The van der Waals surface area contributed by atoms with Gasteiger partial charge < -0.3 is 5.11 Å². The zero-order chi connectivity index (χ0) is 6.85. The summed E-state index contributed by atoms with van der Waals surface area (Å²) >= 11 is 0. The standard InChI is InChI=1S/C6H8FNO/c1-4-2-3-5(9)6(7)8-4/h2-3,5-6,9H,1H3. The average molecular weight is 129 g/mol. The number of hydrogen-bond donors (Lipinski definition) is 1. The van der Waals surface area contributed by atoms with Crippen LogP contribution in [0.1, 0.15) is 6.92 Å². The molecule has 2 atom stereocenters. The molecule has 9 heavy (non-hydrogen) atoms. The van der Waals surface area contributed by atoms with Crippen LogP contribution in [0.5, 0.6) is 0 Å². The second-order valence-corrected chi connectivity index (χ2v) is 1.99. The number of hydrogen-bond acceptors (Lipinski definition) is 2. The lowest BCUT2D eigenvalue weighted by Crippen LogP contribution is -2.21. The van der Waals surface area contributed by atoms with E-state index in [1.165, 1.54) is 6.08 Å². The monoisotopic (exact) mass is 129 g/mol. The second-order valence-electron chi connectivity index (χ2n) is 1.99. The van der Waals surface area contributed by atoms with Gasteiger partial charge in [0.15, 0.2) is 0 Å². The Balaban J connectivity index is 2.70. The van der Waals surface area contributed by atoms with Crippen molar-refractivity contribution in [3.8, 4) is 0 Å². The summed E-state index contributed by atoms with van der Waals surface area (Å²) in [4.78, 5) is 3.48. The van der Waals surface area contributed by atoms with Gasteiger partial charge in [0.05, 0.1) is 0 Å². The summed E-state index contributed by atoms with van der Waals surface area (Å²) in [5, 5.41) is 8.73. The first-order valence-corrected chi connectivity index (χ1v) is 2.75. The van der Waals surface area contributed by atoms with E-state index in [1.807, 2.05) is 0 Å². The fraction of sp³-hybridized carbons (Fsp3) is 0.500. The van der Waals surface area contributed by atoms with Crippen molar-refractivity contribution >= 4 is 5.71 Å². The molecule has 1 rings (SSSR count). The van der Waals surface area contributed by atoms with Gasteiger partial charge in [-0.25, -0.2) is 4.39 Å². The minimum absolute atomic E-state index is 0.618. The zero-order valence-corrected chi connectivity index (χ0v) is 5.08. The summed E-state index contributed by atoms with van der Waals surface area (Å²) in [6.07, 6.45) is 0.483. The van der Waals surface area contributed by atoms with Gasteiger partial charge in [-0.05, 0) is 19.1 Å². The van der Waals surface area contributed by atoms with Gasteiger partial charge in [0, 0.05) is 5.71 Å². The summed E-state index contributed by atoms with van der Waals surface area (Å²) in [7, 11) is 0. The van der Waals surface area contributed by atoms with Crippen molar-refractivity contribution in [2.45, 2.75) is 19.3 Å². The number of alkyl halides is 1. The fourth-order valence-corrected chi connectivity index (χ4v) is 0.643. The molecule has 0 saturated carbocycles. The van der Waals surface area contributed by atoms with Gasteiger partial charge >= 0.3 is 0 Å². The number of aliphatic imine (C=N–C) groups is 1. The number of dihydropyridines is 1. The topological polar surface area (TPSA) is 32.6 Å². The van der Waals surface area contributed by atoms with Crippen molar-refractivity contribution in [2.75, 3.05) is 0 Å². The molecule has 2 unspecified atom stereocenters. The maximum Gasteiger partial charge on any atom is 0.219 e. The third-order valence-electron chi connectivity index (χ3n) is 1.14. The lowest BCUT2D eigenvalue weighted by Gasteiger charge is -2.11. The van der Waals surface area contributed by atoms with E-state index in [0.29, 0.717) is 5.71 Å². The highest BCUT2D eigenvalue weighted by Crippen LogP contribution is 2.07. The van der Waals surface area contributed by atoms with Crippen LogP contribution in [0, 0.1) is 0 Å². The lowest BCUT2D eigenvalue weighted by atomic mass is 10.2. The van der Waals surface area contributed by atoms with Gasteiger partial charge in [-0.3, -0.25) is 4.99 Å². The largest absolute Gasteiger partial charge is 0.384 e. The minimum Gasteiger partial charge on any atom is -0.384 e. The van der Waals surface area contributed by atoms with E-state index in [0.717, 1.165) is 0 Å². The molecule has 3 heteroatoms.